The fourth-order valence-corrected chi connectivity index (χ4v) is 1.45. The van der Waals surface area contributed by atoms with Crippen LogP contribution in [0.5, 0.6) is 6.01 Å². The second-order valence-electron chi connectivity index (χ2n) is 3.29. The molecule has 1 fully saturated rings. The van der Waals surface area contributed by atoms with E-state index in [0.717, 1.165) is 25.4 Å². The second kappa shape index (κ2) is 5.82. The molecule has 0 spiro atoms. The topological polar surface area (TPSA) is 47.0 Å². The fourth-order valence-electron chi connectivity index (χ4n) is 1.45. The molecule has 84 valence electrons. The van der Waals surface area contributed by atoms with Gasteiger partial charge >= 0.3 is 6.01 Å². The van der Waals surface area contributed by atoms with Gasteiger partial charge in [0.2, 0.25) is 0 Å². The molecule has 1 aromatic heterocycles. The van der Waals surface area contributed by atoms with Crippen molar-refractivity contribution in [3.05, 3.63) is 18.2 Å². The molecule has 0 saturated carbocycles. The van der Waals surface area contributed by atoms with Crippen molar-refractivity contribution in [2.45, 2.75) is 18.9 Å². The molecule has 0 amide bonds. The van der Waals surface area contributed by atoms with Crippen molar-refractivity contribution >= 4 is 12.4 Å². The normalized spacial score (nSPS) is 19.7. The first-order chi connectivity index (χ1) is 6.84. The maximum Gasteiger partial charge on any atom is 0.316 e. The van der Waals surface area contributed by atoms with Gasteiger partial charge in [0.15, 0.2) is 5.82 Å². The van der Waals surface area contributed by atoms with Crippen LogP contribution < -0.4 is 10.1 Å². The average molecular weight is 234 g/mol. The quantitative estimate of drug-likeness (QED) is 0.852. The standard InChI is InChI=1S/C9H12FN3O.ClH/c10-7-4-12-9(13-5-7)14-6-8-2-1-3-11-8;/h4-5,8,11H,1-3,6H2;1H. The van der Waals surface area contributed by atoms with Crippen molar-refractivity contribution in [1.29, 1.82) is 0 Å². The minimum absolute atomic E-state index is 0. The van der Waals surface area contributed by atoms with Crippen LogP contribution in [0.25, 0.3) is 0 Å². The van der Waals surface area contributed by atoms with Gasteiger partial charge in [0, 0.05) is 6.04 Å². The first kappa shape index (κ1) is 12.1. The highest BCUT2D eigenvalue weighted by molar-refractivity contribution is 5.85. The summed E-state index contributed by atoms with van der Waals surface area (Å²) in [6.07, 6.45) is 4.49. The van der Waals surface area contributed by atoms with Crippen molar-refractivity contribution in [2.75, 3.05) is 13.2 Å². The number of ether oxygens (including phenoxy) is 1. The molecule has 1 saturated heterocycles. The van der Waals surface area contributed by atoms with Crippen LogP contribution in [0.1, 0.15) is 12.8 Å². The molecule has 1 atom stereocenters. The molecule has 15 heavy (non-hydrogen) atoms. The summed E-state index contributed by atoms with van der Waals surface area (Å²) in [5.41, 5.74) is 0. The second-order valence-corrected chi connectivity index (χ2v) is 3.29. The number of rotatable bonds is 3. The number of halogens is 2. The molecule has 0 aromatic carbocycles. The lowest BCUT2D eigenvalue weighted by Crippen LogP contribution is -2.28. The first-order valence-corrected chi connectivity index (χ1v) is 4.68. The predicted molar refractivity (Wildman–Crippen MR) is 55.8 cm³/mol. The maximum atomic E-state index is 12.4. The Balaban J connectivity index is 0.00000112. The van der Waals surface area contributed by atoms with Crippen molar-refractivity contribution in [3.8, 4) is 6.01 Å². The van der Waals surface area contributed by atoms with E-state index in [0.29, 0.717) is 12.6 Å². The van der Waals surface area contributed by atoms with E-state index in [2.05, 4.69) is 15.3 Å². The number of nitrogens with zero attached hydrogens (tertiary/aromatic N) is 2. The van der Waals surface area contributed by atoms with Gasteiger partial charge in [-0.05, 0) is 19.4 Å². The molecular weight excluding hydrogens is 221 g/mol. The molecular formula is C9H13ClFN3O. The summed E-state index contributed by atoms with van der Waals surface area (Å²) in [5, 5.41) is 3.28. The van der Waals surface area contributed by atoms with E-state index < -0.39 is 5.82 Å². The number of hydrogen-bond donors (Lipinski definition) is 1. The van der Waals surface area contributed by atoms with Crippen molar-refractivity contribution in [1.82, 2.24) is 15.3 Å². The number of nitrogens with one attached hydrogen (secondary N) is 1. The zero-order valence-corrected chi connectivity index (χ0v) is 8.97. The van der Waals surface area contributed by atoms with Gasteiger partial charge in [0.25, 0.3) is 0 Å². The van der Waals surface area contributed by atoms with Gasteiger partial charge in [-0.3, -0.25) is 0 Å². The molecule has 2 rings (SSSR count). The smallest absolute Gasteiger partial charge is 0.316 e. The van der Waals surface area contributed by atoms with Crippen LogP contribution >= 0.6 is 12.4 Å². The monoisotopic (exact) mass is 233 g/mol. The lowest BCUT2D eigenvalue weighted by molar-refractivity contribution is 0.256. The molecule has 1 aromatic rings. The van der Waals surface area contributed by atoms with Crippen molar-refractivity contribution < 1.29 is 9.13 Å². The van der Waals surface area contributed by atoms with Crippen LogP contribution in [0.3, 0.4) is 0 Å². The van der Waals surface area contributed by atoms with Gasteiger partial charge in [-0.2, -0.15) is 0 Å². The minimum atomic E-state index is -0.448. The Morgan fingerprint density at radius 1 is 1.47 bits per heavy atom. The van der Waals surface area contributed by atoms with Gasteiger partial charge in [-0.25, -0.2) is 14.4 Å². The Morgan fingerprint density at radius 2 is 2.20 bits per heavy atom. The molecule has 1 aliphatic heterocycles. The Morgan fingerprint density at radius 3 is 2.80 bits per heavy atom. The lowest BCUT2D eigenvalue weighted by atomic mass is 10.2. The molecule has 0 aliphatic carbocycles. The molecule has 6 heteroatoms. The number of hydrogen-bond acceptors (Lipinski definition) is 4. The predicted octanol–water partition coefficient (Wildman–Crippen LogP) is 1.17. The third-order valence-electron chi connectivity index (χ3n) is 2.17. The van der Waals surface area contributed by atoms with E-state index in [-0.39, 0.29) is 18.4 Å². The molecule has 2 heterocycles. The molecule has 1 aliphatic rings. The SMILES string of the molecule is Cl.Fc1cnc(OCC2CCCN2)nc1. The van der Waals surface area contributed by atoms with E-state index >= 15 is 0 Å². The van der Waals surface area contributed by atoms with Gasteiger partial charge in [0.1, 0.15) is 6.61 Å². The van der Waals surface area contributed by atoms with Crippen LogP contribution in [-0.2, 0) is 0 Å². The summed E-state index contributed by atoms with van der Waals surface area (Å²) < 4.78 is 17.7. The van der Waals surface area contributed by atoms with Crippen LogP contribution in [0.4, 0.5) is 4.39 Å². The Hall–Kier alpha value is -0.940. The zero-order chi connectivity index (χ0) is 9.80. The van der Waals surface area contributed by atoms with E-state index in [9.17, 15) is 4.39 Å². The van der Waals surface area contributed by atoms with Crippen molar-refractivity contribution in [3.63, 3.8) is 0 Å². The summed E-state index contributed by atoms with van der Waals surface area (Å²) in [4.78, 5) is 7.41. The van der Waals surface area contributed by atoms with Crippen LogP contribution in [0.15, 0.2) is 12.4 Å². The number of aromatic nitrogens is 2. The van der Waals surface area contributed by atoms with Gasteiger partial charge in [-0.1, -0.05) is 0 Å². The first-order valence-electron chi connectivity index (χ1n) is 4.68. The molecule has 0 radical (unpaired) electrons. The van der Waals surface area contributed by atoms with Gasteiger partial charge in [-0.15, -0.1) is 12.4 Å². The van der Waals surface area contributed by atoms with Gasteiger partial charge < -0.3 is 10.1 Å². The molecule has 4 nitrogen and oxygen atoms in total. The summed E-state index contributed by atoms with van der Waals surface area (Å²) in [6, 6.07) is 0.615. The highest BCUT2D eigenvalue weighted by Crippen LogP contribution is 2.07. The summed E-state index contributed by atoms with van der Waals surface area (Å²) in [7, 11) is 0. The van der Waals surface area contributed by atoms with Crippen molar-refractivity contribution in [2.24, 2.45) is 0 Å². The fraction of sp³-hybridized carbons (Fsp3) is 0.556. The van der Waals surface area contributed by atoms with E-state index in [4.69, 9.17) is 4.74 Å². The summed E-state index contributed by atoms with van der Waals surface area (Å²) in [5.74, 6) is -0.448. The average Bonchev–Trinajstić information content (AvgIpc) is 2.70. The van der Waals surface area contributed by atoms with E-state index in [1.165, 1.54) is 6.42 Å². The highest BCUT2D eigenvalue weighted by atomic mass is 35.5. The van der Waals surface area contributed by atoms with E-state index in [1.54, 1.807) is 0 Å². The van der Waals surface area contributed by atoms with Crippen LogP contribution in [-0.4, -0.2) is 29.2 Å². The Kier molecular flexibility index (Phi) is 4.71. The third-order valence-corrected chi connectivity index (χ3v) is 2.17. The maximum absolute atomic E-state index is 12.4. The summed E-state index contributed by atoms with van der Waals surface area (Å²) in [6.45, 7) is 1.59. The Bertz CT molecular complexity index is 290. The highest BCUT2D eigenvalue weighted by Gasteiger charge is 2.14. The Labute approximate surface area is 93.7 Å². The molecule has 0 bridgehead atoms. The largest absolute Gasteiger partial charge is 0.462 e. The lowest BCUT2D eigenvalue weighted by Gasteiger charge is -2.09. The van der Waals surface area contributed by atoms with Gasteiger partial charge in [0.05, 0.1) is 12.4 Å². The minimum Gasteiger partial charge on any atom is -0.462 e. The van der Waals surface area contributed by atoms with Crippen LogP contribution in [0.2, 0.25) is 0 Å². The van der Waals surface area contributed by atoms with E-state index in [1.807, 2.05) is 0 Å². The third kappa shape index (κ3) is 3.60. The zero-order valence-electron chi connectivity index (χ0n) is 8.15. The molecule has 1 N–H and O–H groups in total. The van der Waals surface area contributed by atoms with Crippen LogP contribution in [0, 0.1) is 5.82 Å². The molecule has 1 unspecified atom stereocenters. The summed E-state index contributed by atoms with van der Waals surface area (Å²) >= 11 is 0.